The number of nitrogens with one attached hydrogen (secondary N) is 1. The third kappa shape index (κ3) is 5.17. The highest BCUT2D eigenvalue weighted by atomic mass is 16.4. The molecule has 1 amide bonds. The molecule has 0 aromatic heterocycles. The molecule has 1 aliphatic heterocycles. The minimum absolute atomic E-state index is 0.148. The summed E-state index contributed by atoms with van der Waals surface area (Å²) in [6.45, 7) is 4.56. The van der Waals surface area contributed by atoms with Gasteiger partial charge in [-0.05, 0) is 67.0 Å². The molecule has 2 N–H and O–H groups in total. The number of rotatable bonds is 7. The number of hydrogen-bond donors (Lipinski definition) is 2. The van der Waals surface area contributed by atoms with Crippen LogP contribution < -0.4 is 5.32 Å². The summed E-state index contributed by atoms with van der Waals surface area (Å²) in [4.78, 5) is 26.8. The average Bonchev–Trinajstić information content (AvgIpc) is 3.42. The smallest absolute Gasteiger partial charge is 0.306 e. The zero-order chi connectivity index (χ0) is 25.1. The lowest BCUT2D eigenvalue weighted by molar-refractivity contribution is -0.142. The Kier molecular flexibility index (Phi) is 7.38. The van der Waals surface area contributed by atoms with E-state index in [1.165, 1.54) is 21.9 Å². The van der Waals surface area contributed by atoms with Crippen LogP contribution in [0.4, 0.5) is 0 Å². The summed E-state index contributed by atoms with van der Waals surface area (Å²) in [7, 11) is 0. The van der Waals surface area contributed by atoms with Crippen LogP contribution in [-0.4, -0.2) is 41.5 Å². The fourth-order valence-electron chi connectivity index (χ4n) is 6.28. The highest BCUT2D eigenvalue weighted by Gasteiger charge is 2.39. The van der Waals surface area contributed by atoms with Crippen molar-refractivity contribution < 1.29 is 14.7 Å². The summed E-state index contributed by atoms with van der Waals surface area (Å²) in [5.74, 6) is -0.463. The first kappa shape index (κ1) is 24.5. The molecule has 5 nitrogen and oxygen atoms in total. The fourth-order valence-corrected chi connectivity index (χ4v) is 6.28. The zero-order valence-electron chi connectivity index (χ0n) is 21.0. The number of benzene rings is 3. The summed E-state index contributed by atoms with van der Waals surface area (Å²) in [5, 5.41) is 15.7. The van der Waals surface area contributed by atoms with Gasteiger partial charge in [0.15, 0.2) is 0 Å². The van der Waals surface area contributed by atoms with Crippen molar-refractivity contribution in [2.24, 2.45) is 17.8 Å². The van der Waals surface area contributed by atoms with E-state index in [1.807, 2.05) is 11.0 Å². The van der Waals surface area contributed by atoms with Crippen LogP contribution in [0.3, 0.4) is 0 Å². The molecule has 0 bridgehead atoms. The third-order valence-electron chi connectivity index (χ3n) is 8.40. The van der Waals surface area contributed by atoms with E-state index < -0.39 is 5.97 Å². The number of amides is 1. The number of piperidine rings is 1. The maximum atomic E-state index is 13.3. The van der Waals surface area contributed by atoms with Crippen LogP contribution in [0.2, 0.25) is 0 Å². The molecule has 0 spiro atoms. The van der Waals surface area contributed by atoms with Gasteiger partial charge in [0, 0.05) is 31.0 Å². The number of carbonyl (C=O) groups excluding carboxylic acids is 1. The maximum absolute atomic E-state index is 13.3. The predicted molar refractivity (Wildman–Crippen MR) is 143 cm³/mol. The Bertz CT molecular complexity index is 1210. The molecule has 5 heteroatoms. The summed E-state index contributed by atoms with van der Waals surface area (Å²) >= 11 is 0. The Hall–Kier alpha value is -3.18. The van der Waals surface area contributed by atoms with Crippen molar-refractivity contribution in [2.75, 3.05) is 19.6 Å². The van der Waals surface area contributed by atoms with Crippen LogP contribution >= 0.6 is 0 Å². The van der Waals surface area contributed by atoms with E-state index in [1.54, 1.807) is 0 Å². The third-order valence-corrected chi connectivity index (χ3v) is 8.40. The summed E-state index contributed by atoms with van der Waals surface area (Å²) in [6, 6.07) is 25.8. The average molecular weight is 485 g/mol. The van der Waals surface area contributed by atoms with Gasteiger partial charge in [0.1, 0.15) is 0 Å². The van der Waals surface area contributed by atoms with Crippen LogP contribution in [0, 0.1) is 17.8 Å². The Balaban J connectivity index is 1.28. The number of aliphatic carboxylic acids is 1. The highest BCUT2D eigenvalue weighted by Crippen LogP contribution is 2.37. The molecule has 1 heterocycles. The molecule has 1 saturated carbocycles. The second kappa shape index (κ2) is 10.8. The van der Waals surface area contributed by atoms with Crippen molar-refractivity contribution in [3.63, 3.8) is 0 Å². The molecule has 4 unspecified atom stereocenters. The topological polar surface area (TPSA) is 69.6 Å². The molecule has 1 saturated heterocycles. The molecule has 0 radical (unpaired) electrons. The number of fused-ring (bicyclic) bond motifs is 1. The molecule has 36 heavy (non-hydrogen) atoms. The van der Waals surface area contributed by atoms with E-state index >= 15 is 0 Å². The van der Waals surface area contributed by atoms with Crippen molar-refractivity contribution in [3.8, 4) is 0 Å². The van der Waals surface area contributed by atoms with E-state index in [0.717, 1.165) is 19.5 Å². The number of likely N-dealkylation sites (tertiary alicyclic amines) is 1. The van der Waals surface area contributed by atoms with Gasteiger partial charge < -0.3 is 15.3 Å². The van der Waals surface area contributed by atoms with E-state index in [2.05, 4.69) is 79.0 Å². The number of carboxylic acid groups (broad SMARTS) is 1. The SMILES string of the molecule is C[C@@H](NCC1CCN(C(=O)C2CCC(C(=O)O)C2)CC1c1ccccc1)c1cccc2ccccc12. The second-order valence-corrected chi connectivity index (χ2v) is 10.6. The lowest BCUT2D eigenvalue weighted by Crippen LogP contribution is -2.47. The minimum Gasteiger partial charge on any atom is -0.481 e. The van der Waals surface area contributed by atoms with Crippen LogP contribution in [0.15, 0.2) is 72.8 Å². The number of hydrogen-bond acceptors (Lipinski definition) is 3. The standard InChI is InChI=1S/C31H36N2O3/c1-21(27-13-7-11-22-10-5-6-12-28(22)27)32-19-26-16-17-33(20-29(26)23-8-3-2-4-9-23)30(34)24-14-15-25(18-24)31(35)36/h2-13,21,24-26,29,32H,14-20H2,1H3,(H,35,36)/t21-,24?,25?,26?,29?/m1/s1. The first-order valence-electron chi connectivity index (χ1n) is 13.3. The van der Waals surface area contributed by atoms with Crippen molar-refractivity contribution in [2.45, 2.75) is 44.6 Å². The Morgan fingerprint density at radius 3 is 2.44 bits per heavy atom. The lowest BCUT2D eigenvalue weighted by atomic mass is 9.80. The fraction of sp³-hybridized carbons (Fsp3) is 0.419. The van der Waals surface area contributed by atoms with E-state index in [4.69, 9.17) is 0 Å². The molecular formula is C31H36N2O3. The molecule has 2 fully saturated rings. The van der Waals surface area contributed by atoms with Gasteiger partial charge in [0.25, 0.3) is 0 Å². The number of carboxylic acids is 1. The van der Waals surface area contributed by atoms with Gasteiger partial charge in [-0.1, -0.05) is 72.8 Å². The largest absolute Gasteiger partial charge is 0.481 e. The summed E-state index contributed by atoms with van der Waals surface area (Å²) < 4.78 is 0. The number of carbonyl (C=O) groups is 2. The van der Waals surface area contributed by atoms with Gasteiger partial charge in [0.05, 0.1) is 5.92 Å². The molecule has 2 aliphatic rings. The highest BCUT2D eigenvalue weighted by molar-refractivity contribution is 5.86. The minimum atomic E-state index is -0.766. The number of nitrogens with zero attached hydrogens (tertiary/aromatic N) is 1. The van der Waals surface area contributed by atoms with Gasteiger partial charge in [0.2, 0.25) is 5.91 Å². The van der Waals surface area contributed by atoms with Crippen molar-refractivity contribution >= 4 is 22.6 Å². The molecular weight excluding hydrogens is 448 g/mol. The Morgan fingerprint density at radius 2 is 1.67 bits per heavy atom. The normalized spacial score (nSPS) is 25.1. The van der Waals surface area contributed by atoms with Crippen LogP contribution in [0.5, 0.6) is 0 Å². The van der Waals surface area contributed by atoms with Gasteiger partial charge in [-0.25, -0.2) is 0 Å². The van der Waals surface area contributed by atoms with Crippen LogP contribution in [-0.2, 0) is 9.59 Å². The van der Waals surface area contributed by atoms with Crippen molar-refractivity contribution in [1.82, 2.24) is 10.2 Å². The summed E-state index contributed by atoms with van der Waals surface area (Å²) in [6.07, 6.45) is 2.72. The molecule has 3 aromatic carbocycles. The van der Waals surface area contributed by atoms with Gasteiger partial charge in [-0.3, -0.25) is 9.59 Å². The first-order chi connectivity index (χ1) is 17.5. The predicted octanol–water partition coefficient (Wildman–Crippen LogP) is 5.62. The first-order valence-corrected chi connectivity index (χ1v) is 13.3. The van der Waals surface area contributed by atoms with Crippen molar-refractivity contribution in [1.29, 1.82) is 0 Å². The quantitative estimate of drug-likeness (QED) is 0.456. The lowest BCUT2D eigenvalue weighted by Gasteiger charge is -2.40. The molecule has 5 rings (SSSR count). The Morgan fingerprint density at radius 1 is 0.944 bits per heavy atom. The monoisotopic (exact) mass is 484 g/mol. The van der Waals surface area contributed by atoms with E-state index in [-0.39, 0.29) is 29.7 Å². The zero-order valence-corrected chi connectivity index (χ0v) is 21.0. The molecule has 188 valence electrons. The van der Waals surface area contributed by atoms with Crippen LogP contribution in [0.1, 0.15) is 55.7 Å². The molecule has 5 atom stereocenters. The van der Waals surface area contributed by atoms with Gasteiger partial charge in [-0.2, -0.15) is 0 Å². The van der Waals surface area contributed by atoms with Gasteiger partial charge in [-0.15, -0.1) is 0 Å². The molecule has 1 aliphatic carbocycles. The Labute approximate surface area is 213 Å². The molecule has 3 aromatic rings. The van der Waals surface area contributed by atoms with Crippen LogP contribution in [0.25, 0.3) is 10.8 Å². The van der Waals surface area contributed by atoms with Gasteiger partial charge >= 0.3 is 5.97 Å². The van der Waals surface area contributed by atoms with E-state index in [0.29, 0.717) is 31.7 Å². The van der Waals surface area contributed by atoms with Crippen molar-refractivity contribution in [3.05, 3.63) is 83.9 Å². The van der Waals surface area contributed by atoms with E-state index in [9.17, 15) is 14.7 Å². The summed E-state index contributed by atoms with van der Waals surface area (Å²) in [5.41, 5.74) is 2.58. The maximum Gasteiger partial charge on any atom is 0.306 e. The second-order valence-electron chi connectivity index (χ2n) is 10.6.